The Morgan fingerprint density at radius 3 is 2.86 bits per heavy atom. The van der Waals surface area contributed by atoms with Crippen molar-refractivity contribution in [1.82, 2.24) is 15.2 Å². The Kier molecular flexibility index (Phi) is 6.56. The molecule has 2 rings (SSSR count). The quantitative estimate of drug-likeness (QED) is 0.859. The fraction of sp³-hybridized carbons (Fsp3) is 0.750. The van der Waals surface area contributed by atoms with Crippen LogP contribution < -0.4 is 5.32 Å². The lowest BCUT2D eigenvalue weighted by molar-refractivity contribution is 0.191. The van der Waals surface area contributed by atoms with E-state index in [0.717, 1.165) is 35.2 Å². The zero-order chi connectivity index (χ0) is 16.1. The van der Waals surface area contributed by atoms with Crippen molar-refractivity contribution in [3.8, 4) is 0 Å². The maximum absolute atomic E-state index is 12.3. The Hall–Kier alpha value is -0.750. The third kappa shape index (κ3) is 4.62. The summed E-state index contributed by atoms with van der Waals surface area (Å²) in [4.78, 5) is 19.9. The van der Waals surface area contributed by atoms with Gasteiger partial charge in [0.05, 0.1) is 10.7 Å². The molecule has 2 atom stereocenters. The Morgan fingerprint density at radius 2 is 2.23 bits per heavy atom. The molecule has 1 N–H and O–H groups in total. The maximum atomic E-state index is 12.3. The van der Waals surface area contributed by atoms with Crippen molar-refractivity contribution in [1.29, 1.82) is 0 Å². The van der Waals surface area contributed by atoms with Crippen LogP contribution in [0.2, 0.25) is 0 Å². The minimum absolute atomic E-state index is 0.0611. The van der Waals surface area contributed by atoms with Crippen molar-refractivity contribution in [2.24, 2.45) is 0 Å². The third-order valence-corrected chi connectivity index (χ3v) is 6.62. The van der Waals surface area contributed by atoms with Gasteiger partial charge >= 0.3 is 6.03 Å². The highest BCUT2D eigenvalue weighted by molar-refractivity contribution is 7.99. The molecule has 0 aromatic carbocycles. The van der Waals surface area contributed by atoms with Gasteiger partial charge in [-0.3, -0.25) is 0 Å². The summed E-state index contributed by atoms with van der Waals surface area (Å²) in [5, 5.41) is 4.88. The first-order valence-electron chi connectivity index (χ1n) is 8.06. The molecule has 22 heavy (non-hydrogen) atoms. The summed E-state index contributed by atoms with van der Waals surface area (Å²) in [6.45, 7) is 6.96. The summed E-state index contributed by atoms with van der Waals surface area (Å²) >= 11 is 3.75. The minimum Gasteiger partial charge on any atom is -0.338 e. The molecule has 0 bridgehead atoms. The number of hydrogen-bond acceptors (Lipinski definition) is 4. The summed E-state index contributed by atoms with van der Waals surface area (Å²) in [6, 6.07) is 0.461. The Balaban J connectivity index is 1.74. The molecule has 0 unspecified atom stereocenters. The average Bonchev–Trinajstić information content (AvgIpc) is 3.05. The molecule has 1 saturated carbocycles. The lowest BCUT2D eigenvalue weighted by Crippen LogP contribution is -2.43. The SMILES string of the molecule is CCS[C@@H]1CC[C@H](N(C)C(=O)NCCc2sc(C)nc2C)C1. The van der Waals surface area contributed by atoms with Gasteiger partial charge in [0, 0.05) is 36.2 Å². The summed E-state index contributed by atoms with van der Waals surface area (Å²) in [6.07, 6.45) is 4.38. The van der Waals surface area contributed by atoms with Gasteiger partial charge in [-0.2, -0.15) is 11.8 Å². The zero-order valence-corrected chi connectivity index (χ0v) is 15.6. The topological polar surface area (TPSA) is 45.2 Å². The lowest BCUT2D eigenvalue weighted by Gasteiger charge is -2.25. The van der Waals surface area contributed by atoms with Gasteiger partial charge in [-0.05, 0) is 38.9 Å². The summed E-state index contributed by atoms with van der Waals surface area (Å²) in [5.74, 6) is 1.17. The van der Waals surface area contributed by atoms with E-state index in [1.165, 1.54) is 17.1 Å². The van der Waals surface area contributed by atoms with Crippen LogP contribution in [0.1, 0.15) is 41.8 Å². The van der Waals surface area contributed by atoms with E-state index in [9.17, 15) is 4.79 Å². The van der Waals surface area contributed by atoms with Crippen LogP contribution >= 0.6 is 23.1 Å². The number of rotatable bonds is 6. The summed E-state index contributed by atoms with van der Waals surface area (Å²) in [7, 11) is 1.93. The first-order valence-corrected chi connectivity index (χ1v) is 9.93. The van der Waals surface area contributed by atoms with E-state index < -0.39 is 0 Å². The highest BCUT2D eigenvalue weighted by Crippen LogP contribution is 2.32. The monoisotopic (exact) mass is 341 g/mol. The van der Waals surface area contributed by atoms with E-state index >= 15 is 0 Å². The molecule has 4 nitrogen and oxygen atoms in total. The number of nitrogens with zero attached hydrogens (tertiary/aromatic N) is 2. The summed E-state index contributed by atoms with van der Waals surface area (Å²) in [5.41, 5.74) is 1.10. The van der Waals surface area contributed by atoms with Crippen molar-refractivity contribution in [2.45, 2.75) is 57.7 Å². The number of aryl methyl sites for hydroxylation is 2. The number of carbonyl (C=O) groups excluding carboxylic acids is 1. The van der Waals surface area contributed by atoms with Crippen LogP contribution in [-0.4, -0.2) is 46.6 Å². The lowest BCUT2D eigenvalue weighted by atomic mass is 10.2. The molecular weight excluding hydrogens is 314 g/mol. The van der Waals surface area contributed by atoms with Gasteiger partial charge in [0.25, 0.3) is 0 Å². The smallest absolute Gasteiger partial charge is 0.317 e. The minimum atomic E-state index is 0.0611. The van der Waals surface area contributed by atoms with Crippen molar-refractivity contribution >= 4 is 29.1 Å². The van der Waals surface area contributed by atoms with Gasteiger partial charge in [-0.15, -0.1) is 11.3 Å². The van der Waals surface area contributed by atoms with Gasteiger partial charge in [-0.1, -0.05) is 6.92 Å². The third-order valence-electron chi connectivity index (χ3n) is 4.26. The van der Waals surface area contributed by atoms with Crippen LogP contribution in [0.15, 0.2) is 0 Å². The number of aromatic nitrogens is 1. The normalized spacial score (nSPS) is 21.1. The van der Waals surface area contributed by atoms with Gasteiger partial charge < -0.3 is 10.2 Å². The standard InChI is InChI=1S/C16H27N3OS2/c1-5-21-14-7-6-13(10-14)19(4)16(20)17-9-8-15-11(2)18-12(3)22-15/h13-14H,5-10H2,1-4H3,(H,17,20)/t13-,14+/m0/s1. The van der Waals surface area contributed by atoms with Crippen molar-refractivity contribution in [3.63, 3.8) is 0 Å². The number of carbonyl (C=O) groups is 1. The second-order valence-electron chi connectivity index (χ2n) is 5.88. The van der Waals surface area contributed by atoms with E-state index in [1.54, 1.807) is 11.3 Å². The van der Waals surface area contributed by atoms with E-state index in [4.69, 9.17) is 0 Å². The highest BCUT2D eigenvalue weighted by Gasteiger charge is 2.29. The van der Waals surface area contributed by atoms with Crippen LogP contribution in [0.3, 0.4) is 0 Å². The second kappa shape index (κ2) is 8.20. The van der Waals surface area contributed by atoms with Gasteiger partial charge in [0.15, 0.2) is 0 Å². The molecule has 0 radical (unpaired) electrons. The largest absolute Gasteiger partial charge is 0.338 e. The molecule has 0 aliphatic heterocycles. The van der Waals surface area contributed by atoms with E-state index in [1.807, 2.05) is 37.6 Å². The molecule has 6 heteroatoms. The predicted molar refractivity (Wildman–Crippen MR) is 96.0 cm³/mol. The molecule has 1 fully saturated rings. The zero-order valence-electron chi connectivity index (χ0n) is 14.0. The second-order valence-corrected chi connectivity index (χ2v) is 8.74. The average molecular weight is 342 g/mol. The Bertz CT molecular complexity index is 504. The Morgan fingerprint density at radius 1 is 1.45 bits per heavy atom. The van der Waals surface area contributed by atoms with Gasteiger partial charge in [0.1, 0.15) is 0 Å². The maximum Gasteiger partial charge on any atom is 0.317 e. The Labute approximate surface area is 142 Å². The number of thiazole rings is 1. The number of amides is 2. The highest BCUT2D eigenvalue weighted by atomic mass is 32.2. The van der Waals surface area contributed by atoms with Crippen molar-refractivity contribution in [2.75, 3.05) is 19.3 Å². The molecule has 0 spiro atoms. The molecule has 1 aliphatic carbocycles. The van der Waals surface area contributed by atoms with Gasteiger partial charge in [0.2, 0.25) is 0 Å². The molecule has 1 aromatic rings. The molecule has 1 aromatic heterocycles. The van der Waals surface area contributed by atoms with E-state index in [-0.39, 0.29) is 6.03 Å². The molecule has 0 saturated heterocycles. The molecule has 1 aliphatic rings. The molecule has 124 valence electrons. The number of thioether (sulfide) groups is 1. The number of urea groups is 1. The van der Waals surface area contributed by atoms with Crippen LogP contribution in [0, 0.1) is 13.8 Å². The van der Waals surface area contributed by atoms with Crippen LogP contribution in [-0.2, 0) is 6.42 Å². The molecule has 1 heterocycles. The van der Waals surface area contributed by atoms with Crippen LogP contribution in [0.25, 0.3) is 0 Å². The van der Waals surface area contributed by atoms with Crippen LogP contribution in [0.4, 0.5) is 4.79 Å². The predicted octanol–water partition coefficient (Wildman–Crippen LogP) is 3.62. The van der Waals surface area contributed by atoms with E-state index in [2.05, 4.69) is 17.2 Å². The fourth-order valence-corrected chi connectivity index (χ4v) is 5.10. The van der Waals surface area contributed by atoms with E-state index in [0.29, 0.717) is 12.6 Å². The fourth-order valence-electron chi connectivity index (χ4n) is 3.04. The van der Waals surface area contributed by atoms with Crippen molar-refractivity contribution < 1.29 is 4.79 Å². The first kappa shape index (κ1) is 17.6. The van der Waals surface area contributed by atoms with Crippen LogP contribution in [0.5, 0.6) is 0 Å². The molecule has 2 amide bonds. The summed E-state index contributed by atoms with van der Waals surface area (Å²) < 4.78 is 0. The van der Waals surface area contributed by atoms with Gasteiger partial charge in [-0.25, -0.2) is 9.78 Å². The molecular formula is C16H27N3OS2. The first-order chi connectivity index (χ1) is 10.5. The number of nitrogens with one attached hydrogen (secondary N) is 1. The van der Waals surface area contributed by atoms with Crippen molar-refractivity contribution in [3.05, 3.63) is 15.6 Å². The number of hydrogen-bond donors (Lipinski definition) is 1.